The topological polar surface area (TPSA) is 68.8 Å². The van der Waals surface area contributed by atoms with E-state index in [0.29, 0.717) is 13.0 Å². The monoisotopic (exact) mass is 372 g/mol. The molecule has 2 aromatic carbocycles. The summed E-state index contributed by atoms with van der Waals surface area (Å²) in [5.74, 6) is -0.199. The van der Waals surface area contributed by atoms with Crippen LogP contribution >= 0.6 is 0 Å². The van der Waals surface area contributed by atoms with Crippen LogP contribution in [0, 0.1) is 6.92 Å². The van der Waals surface area contributed by atoms with Gasteiger partial charge in [-0.25, -0.2) is 5.01 Å². The van der Waals surface area contributed by atoms with Crippen LogP contribution < -0.4 is 0 Å². The molecule has 2 aliphatic heterocycles. The third-order valence-electron chi connectivity index (χ3n) is 5.54. The van der Waals surface area contributed by atoms with Gasteiger partial charge in [0.25, 0.3) is 5.91 Å². The van der Waals surface area contributed by atoms with E-state index < -0.39 is 6.04 Å². The molecule has 6 heteroatoms. The van der Waals surface area contributed by atoms with Crippen LogP contribution in [0.1, 0.15) is 22.4 Å². The van der Waals surface area contributed by atoms with Gasteiger partial charge < -0.3 is 9.88 Å². The summed E-state index contributed by atoms with van der Waals surface area (Å²) in [4.78, 5) is 30.9. The number of aryl methyl sites for hydroxylation is 1. The van der Waals surface area contributed by atoms with Crippen LogP contribution in [0.4, 0.5) is 0 Å². The summed E-state index contributed by atoms with van der Waals surface area (Å²) in [5.41, 5.74) is 5.22. The molecule has 0 unspecified atom stereocenters. The van der Waals surface area contributed by atoms with Gasteiger partial charge in [-0.2, -0.15) is 5.10 Å². The summed E-state index contributed by atoms with van der Waals surface area (Å²) in [5, 5.41) is 6.76. The number of piperazine rings is 1. The second-order valence-corrected chi connectivity index (χ2v) is 7.42. The highest BCUT2D eigenvalue weighted by molar-refractivity contribution is 5.97. The molecule has 2 aliphatic rings. The molecule has 28 heavy (non-hydrogen) atoms. The molecule has 3 aromatic rings. The zero-order chi connectivity index (χ0) is 19.3. The highest BCUT2D eigenvalue weighted by Crippen LogP contribution is 2.32. The maximum absolute atomic E-state index is 13.1. The molecule has 6 nitrogen and oxygen atoms in total. The Balaban J connectivity index is 1.45. The summed E-state index contributed by atoms with van der Waals surface area (Å²) in [6.45, 7) is 2.42. The Labute approximate surface area is 162 Å². The van der Waals surface area contributed by atoms with E-state index >= 15 is 0 Å². The van der Waals surface area contributed by atoms with Crippen molar-refractivity contribution in [3.8, 4) is 0 Å². The van der Waals surface area contributed by atoms with Gasteiger partial charge in [0.05, 0.1) is 12.8 Å². The highest BCUT2D eigenvalue weighted by Gasteiger charge is 2.43. The molecule has 1 saturated heterocycles. The Hall–Kier alpha value is -3.41. The molecule has 0 spiro atoms. The number of H-pyrrole nitrogens is 1. The minimum absolute atomic E-state index is 0.0206. The number of nitrogens with one attached hydrogen (secondary N) is 1. The fourth-order valence-electron chi connectivity index (χ4n) is 4.14. The molecule has 0 bridgehead atoms. The van der Waals surface area contributed by atoms with Crippen molar-refractivity contribution in [2.45, 2.75) is 25.9 Å². The summed E-state index contributed by atoms with van der Waals surface area (Å²) < 4.78 is 0. The van der Waals surface area contributed by atoms with Crippen molar-refractivity contribution in [3.63, 3.8) is 0 Å². The van der Waals surface area contributed by atoms with E-state index in [9.17, 15) is 9.59 Å². The Morgan fingerprint density at radius 2 is 1.96 bits per heavy atom. The molecule has 1 aromatic heterocycles. The van der Waals surface area contributed by atoms with Crippen LogP contribution in [0.5, 0.6) is 0 Å². The first kappa shape index (κ1) is 16.7. The molecule has 1 atom stereocenters. The van der Waals surface area contributed by atoms with Crippen molar-refractivity contribution in [2.24, 2.45) is 5.10 Å². The number of amides is 2. The number of nitrogens with zero attached hydrogens (tertiary/aromatic N) is 3. The molecule has 5 rings (SSSR count). The normalized spacial score (nSPS) is 19.4. The lowest BCUT2D eigenvalue weighted by Gasteiger charge is -2.40. The van der Waals surface area contributed by atoms with Crippen molar-refractivity contribution in [3.05, 3.63) is 70.9 Å². The standard InChI is InChI=1S/C22H20N4O2/c1-14-5-4-6-15(9-14)11-23-26-13-21(27)25-12-19-17(10-20(25)22(26)28)16-7-2-3-8-18(16)24-19/h2-9,11,20,24H,10,12-13H2,1H3/b23-11+/t20-/m0/s1. The molecule has 2 amide bonds. The predicted octanol–water partition coefficient (Wildman–Crippen LogP) is 2.61. The number of rotatable bonds is 2. The van der Waals surface area contributed by atoms with Gasteiger partial charge in [0, 0.05) is 23.0 Å². The largest absolute Gasteiger partial charge is 0.357 e. The van der Waals surface area contributed by atoms with Gasteiger partial charge in [0.15, 0.2) is 0 Å². The molecule has 1 N–H and O–H groups in total. The summed E-state index contributed by atoms with van der Waals surface area (Å²) in [6, 6.07) is 15.4. The molecule has 0 saturated carbocycles. The third kappa shape index (κ3) is 2.69. The van der Waals surface area contributed by atoms with Crippen molar-refractivity contribution in [1.82, 2.24) is 14.9 Å². The van der Waals surface area contributed by atoms with Gasteiger partial charge >= 0.3 is 0 Å². The first-order valence-corrected chi connectivity index (χ1v) is 9.40. The quantitative estimate of drug-likeness (QED) is 0.703. The molecular formula is C22H20N4O2. The van der Waals surface area contributed by atoms with Crippen molar-refractivity contribution in [2.75, 3.05) is 6.54 Å². The van der Waals surface area contributed by atoms with Gasteiger partial charge in [0.2, 0.25) is 5.91 Å². The number of hydrazone groups is 1. The van der Waals surface area contributed by atoms with Gasteiger partial charge in [0.1, 0.15) is 12.6 Å². The second kappa shape index (κ2) is 6.34. The fraction of sp³-hybridized carbons (Fsp3) is 0.227. The molecular weight excluding hydrogens is 352 g/mol. The number of hydrogen-bond donors (Lipinski definition) is 1. The predicted molar refractivity (Wildman–Crippen MR) is 107 cm³/mol. The molecule has 140 valence electrons. The number of carbonyl (C=O) groups is 2. The first-order chi connectivity index (χ1) is 13.6. The summed E-state index contributed by atoms with van der Waals surface area (Å²) in [7, 11) is 0. The lowest BCUT2D eigenvalue weighted by atomic mass is 9.94. The van der Waals surface area contributed by atoms with E-state index in [1.807, 2.05) is 49.4 Å². The van der Waals surface area contributed by atoms with Crippen LogP contribution in [0.3, 0.4) is 0 Å². The zero-order valence-corrected chi connectivity index (χ0v) is 15.6. The van der Waals surface area contributed by atoms with E-state index in [-0.39, 0.29) is 18.4 Å². The van der Waals surface area contributed by atoms with Gasteiger partial charge in [-0.3, -0.25) is 9.59 Å². The minimum atomic E-state index is -0.498. The zero-order valence-electron chi connectivity index (χ0n) is 15.6. The maximum Gasteiger partial charge on any atom is 0.266 e. The molecule has 0 aliphatic carbocycles. The highest BCUT2D eigenvalue weighted by atomic mass is 16.2. The van der Waals surface area contributed by atoms with E-state index in [4.69, 9.17) is 0 Å². The number of benzene rings is 2. The van der Waals surface area contributed by atoms with Crippen LogP contribution in [0.25, 0.3) is 10.9 Å². The lowest BCUT2D eigenvalue weighted by molar-refractivity contribution is -0.157. The lowest BCUT2D eigenvalue weighted by Crippen LogP contribution is -2.60. The number of carbonyl (C=O) groups excluding carboxylic acids is 2. The second-order valence-electron chi connectivity index (χ2n) is 7.42. The molecule has 3 heterocycles. The number of para-hydroxylation sites is 1. The Morgan fingerprint density at radius 1 is 1.11 bits per heavy atom. The molecule has 0 radical (unpaired) electrons. The van der Waals surface area contributed by atoms with Crippen molar-refractivity contribution < 1.29 is 9.59 Å². The van der Waals surface area contributed by atoms with Crippen LogP contribution in [-0.4, -0.2) is 45.5 Å². The average Bonchev–Trinajstić information content (AvgIpc) is 3.06. The SMILES string of the molecule is Cc1cccc(/C=N/N2CC(=O)N3Cc4[nH]c5ccccc5c4C[C@H]3C2=O)c1. The van der Waals surface area contributed by atoms with Crippen LogP contribution in [-0.2, 0) is 22.6 Å². The summed E-state index contributed by atoms with van der Waals surface area (Å²) in [6.07, 6.45) is 2.16. The first-order valence-electron chi connectivity index (χ1n) is 9.40. The maximum atomic E-state index is 13.1. The number of fused-ring (bicyclic) bond motifs is 4. The van der Waals surface area contributed by atoms with Crippen molar-refractivity contribution >= 4 is 28.9 Å². The average molecular weight is 372 g/mol. The Morgan fingerprint density at radius 3 is 2.82 bits per heavy atom. The molecule has 1 fully saturated rings. The van der Waals surface area contributed by atoms with Crippen LogP contribution in [0.2, 0.25) is 0 Å². The smallest absolute Gasteiger partial charge is 0.266 e. The van der Waals surface area contributed by atoms with E-state index in [0.717, 1.165) is 33.3 Å². The van der Waals surface area contributed by atoms with Gasteiger partial charge in [-0.05, 0) is 24.1 Å². The number of hydrogen-bond acceptors (Lipinski definition) is 3. The van der Waals surface area contributed by atoms with E-state index in [2.05, 4.69) is 16.2 Å². The Bertz CT molecular complexity index is 1130. The fourth-order valence-corrected chi connectivity index (χ4v) is 4.14. The summed E-state index contributed by atoms with van der Waals surface area (Å²) >= 11 is 0. The Kier molecular flexibility index (Phi) is 3.79. The number of aromatic amines is 1. The van der Waals surface area contributed by atoms with Crippen molar-refractivity contribution in [1.29, 1.82) is 0 Å². The van der Waals surface area contributed by atoms with E-state index in [1.54, 1.807) is 11.1 Å². The van der Waals surface area contributed by atoms with Crippen LogP contribution in [0.15, 0.2) is 53.6 Å². The number of aromatic nitrogens is 1. The van der Waals surface area contributed by atoms with Gasteiger partial charge in [-0.15, -0.1) is 0 Å². The minimum Gasteiger partial charge on any atom is -0.357 e. The van der Waals surface area contributed by atoms with E-state index in [1.165, 1.54) is 5.01 Å². The third-order valence-corrected chi connectivity index (χ3v) is 5.54. The van der Waals surface area contributed by atoms with Gasteiger partial charge in [-0.1, -0.05) is 48.0 Å².